The molecule has 1 aromatic rings. The number of carbonyl (C=O) groups is 1. The molecule has 0 spiro atoms. The Morgan fingerprint density at radius 1 is 1.41 bits per heavy atom. The third-order valence-electron chi connectivity index (χ3n) is 4.35. The SMILES string of the molecule is CCN1CCC[C@@H]1CN(CCN(C)C)C(=O)c1cccnc1. The van der Waals surface area contributed by atoms with Crippen molar-refractivity contribution in [1.29, 1.82) is 0 Å². The van der Waals surface area contributed by atoms with Gasteiger partial charge in [-0.1, -0.05) is 6.92 Å². The minimum atomic E-state index is 0.0953. The van der Waals surface area contributed by atoms with E-state index in [1.165, 1.54) is 12.8 Å². The van der Waals surface area contributed by atoms with Gasteiger partial charge in [0.25, 0.3) is 5.91 Å². The quantitative estimate of drug-likeness (QED) is 0.766. The average Bonchev–Trinajstić information content (AvgIpc) is 2.98. The second-order valence-electron chi connectivity index (χ2n) is 6.22. The van der Waals surface area contributed by atoms with Crippen LogP contribution in [0.1, 0.15) is 30.1 Å². The predicted octanol–water partition coefficient (Wildman–Crippen LogP) is 1.57. The molecule has 2 rings (SSSR count). The van der Waals surface area contributed by atoms with Gasteiger partial charge in [0.15, 0.2) is 0 Å². The maximum Gasteiger partial charge on any atom is 0.255 e. The molecule has 0 aliphatic carbocycles. The molecule has 5 nitrogen and oxygen atoms in total. The zero-order valence-electron chi connectivity index (χ0n) is 14.0. The van der Waals surface area contributed by atoms with Gasteiger partial charge in [-0.2, -0.15) is 0 Å². The van der Waals surface area contributed by atoms with E-state index in [1.807, 2.05) is 31.1 Å². The number of aromatic nitrogens is 1. The minimum Gasteiger partial charge on any atom is -0.336 e. The van der Waals surface area contributed by atoms with Crippen molar-refractivity contribution in [2.45, 2.75) is 25.8 Å². The van der Waals surface area contributed by atoms with Gasteiger partial charge in [0.2, 0.25) is 0 Å². The summed E-state index contributed by atoms with van der Waals surface area (Å²) in [6.45, 7) is 6.87. The molecule has 1 aliphatic heterocycles. The average molecular weight is 304 g/mol. The number of hydrogen-bond acceptors (Lipinski definition) is 4. The minimum absolute atomic E-state index is 0.0953. The van der Waals surface area contributed by atoms with Crippen molar-refractivity contribution >= 4 is 5.91 Å². The maximum atomic E-state index is 12.8. The summed E-state index contributed by atoms with van der Waals surface area (Å²) in [4.78, 5) is 23.5. The molecule has 0 radical (unpaired) electrons. The molecule has 0 aromatic carbocycles. The summed E-state index contributed by atoms with van der Waals surface area (Å²) < 4.78 is 0. The Morgan fingerprint density at radius 2 is 2.23 bits per heavy atom. The number of rotatable bonds is 7. The maximum absolute atomic E-state index is 12.8. The van der Waals surface area contributed by atoms with Crippen LogP contribution in [0, 0.1) is 0 Å². The van der Waals surface area contributed by atoms with Gasteiger partial charge in [-0.3, -0.25) is 14.7 Å². The Balaban J connectivity index is 2.06. The molecular weight excluding hydrogens is 276 g/mol. The topological polar surface area (TPSA) is 39.7 Å². The van der Waals surface area contributed by atoms with Crippen LogP contribution in [-0.2, 0) is 0 Å². The Labute approximate surface area is 133 Å². The largest absolute Gasteiger partial charge is 0.336 e. The van der Waals surface area contributed by atoms with Crippen molar-refractivity contribution < 1.29 is 4.79 Å². The van der Waals surface area contributed by atoms with E-state index in [-0.39, 0.29) is 5.91 Å². The summed E-state index contributed by atoms with van der Waals surface area (Å²) >= 11 is 0. The summed E-state index contributed by atoms with van der Waals surface area (Å²) in [5.41, 5.74) is 0.683. The van der Waals surface area contributed by atoms with Gasteiger partial charge in [-0.15, -0.1) is 0 Å². The number of carbonyl (C=O) groups excluding carboxylic acids is 1. The van der Waals surface area contributed by atoms with Crippen molar-refractivity contribution in [3.63, 3.8) is 0 Å². The first kappa shape index (κ1) is 16.9. The molecule has 1 atom stereocenters. The van der Waals surface area contributed by atoms with E-state index in [9.17, 15) is 4.79 Å². The normalized spacial score (nSPS) is 18.8. The van der Waals surface area contributed by atoms with Crippen LogP contribution < -0.4 is 0 Å². The number of nitrogens with zero attached hydrogens (tertiary/aromatic N) is 4. The first-order valence-electron chi connectivity index (χ1n) is 8.20. The lowest BCUT2D eigenvalue weighted by molar-refractivity contribution is 0.0694. The Kier molecular flexibility index (Phi) is 6.34. The second-order valence-corrected chi connectivity index (χ2v) is 6.22. The molecule has 22 heavy (non-hydrogen) atoms. The summed E-state index contributed by atoms with van der Waals surface area (Å²) in [6, 6.07) is 4.17. The smallest absolute Gasteiger partial charge is 0.255 e. The Bertz CT molecular complexity index is 463. The van der Waals surface area contributed by atoms with Gasteiger partial charge in [-0.05, 0) is 52.2 Å². The first-order chi connectivity index (χ1) is 10.6. The highest BCUT2D eigenvalue weighted by Gasteiger charge is 2.27. The lowest BCUT2D eigenvalue weighted by atomic mass is 10.1. The number of likely N-dealkylation sites (N-methyl/N-ethyl adjacent to an activating group) is 2. The molecular formula is C17H28N4O. The van der Waals surface area contributed by atoms with E-state index < -0.39 is 0 Å². The predicted molar refractivity (Wildman–Crippen MR) is 89.0 cm³/mol. The van der Waals surface area contributed by atoms with Crippen molar-refractivity contribution in [3.8, 4) is 0 Å². The third-order valence-corrected chi connectivity index (χ3v) is 4.35. The van der Waals surface area contributed by atoms with E-state index in [1.54, 1.807) is 12.4 Å². The van der Waals surface area contributed by atoms with Gasteiger partial charge in [0.1, 0.15) is 0 Å². The summed E-state index contributed by atoms with van der Waals surface area (Å²) in [6.07, 6.45) is 5.79. The van der Waals surface area contributed by atoms with Crippen molar-refractivity contribution in [1.82, 2.24) is 19.7 Å². The second kappa shape index (κ2) is 8.25. The van der Waals surface area contributed by atoms with Crippen molar-refractivity contribution in [2.75, 3.05) is 46.8 Å². The Hall–Kier alpha value is -1.46. The lowest BCUT2D eigenvalue weighted by Crippen LogP contribution is -2.45. The fourth-order valence-corrected chi connectivity index (χ4v) is 3.04. The molecule has 1 amide bonds. The number of amides is 1. The van der Waals surface area contributed by atoms with Gasteiger partial charge in [-0.25, -0.2) is 0 Å². The fourth-order valence-electron chi connectivity index (χ4n) is 3.04. The highest BCUT2D eigenvalue weighted by Crippen LogP contribution is 2.18. The van der Waals surface area contributed by atoms with E-state index in [2.05, 4.69) is 21.7 Å². The van der Waals surface area contributed by atoms with Crippen LogP contribution in [0.15, 0.2) is 24.5 Å². The number of likely N-dealkylation sites (tertiary alicyclic amines) is 1. The van der Waals surface area contributed by atoms with Crippen molar-refractivity contribution in [2.24, 2.45) is 0 Å². The summed E-state index contributed by atoms with van der Waals surface area (Å²) in [5.74, 6) is 0.0953. The van der Waals surface area contributed by atoms with Crippen LogP contribution in [0.3, 0.4) is 0 Å². The molecule has 0 unspecified atom stereocenters. The number of hydrogen-bond donors (Lipinski definition) is 0. The standard InChI is InChI=1S/C17H28N4O/c1-4-20-10-6-8-16(20)14-21(12-11-19(2)3)17(22)15-7-5-9-18-13-15/h5,7,9,13,16H,4,6,8,10-12,14H2,1-3H3/t16-/m1/s1. The van der Waals surface area contributed by atoms with Crippen LogP contribution >= 0.6 is 0 Å². The molecule has 0 bridgehead atoms. The zero-order chi connectivity index (χ0) is 15.9. The molecule has 122 valence electrons. The molecule has 1 aromatic heterocycles. The van der Waals surface area contributed by atoms with Crippen LogP contribution in [0.5, 0.6) is 0 Å². The molecule has 2 heterocycles. The molecule has 1 aliphatic rings. The van der Waals surface area contributed by atoms with Crippen LogP contribution in [-0.4, -0.2) is 78.5 Å². The van der Waals surface area contributed by atoms with E-state index in [4.69, 9.17) is 0 Å². The molecule has 5 heteroatoms. The molecule has 1 saturated heterocycles. The van der Waals surface area contributed by atoms with Gasteiger partial charge < -0.3 is 9.80 Å². The summed E-state index contributed by atoms with van der Waals surface area (Å²) in [7, 11) is 4.08. The van der Waals surface area contributed by atoms with Gasteiger partial charge >= 0.3 is 0 Å². The monoisotopic (exact) mass is 304 g/mol. The van der Waals surface area contributed by atoms with E-state index in [0.29, 0.717) is 11.6 Å². The molecule has 0 N–H and O–H groups in total. The summed E-state index contributed by atoms with van der Waals surface area (Å²) in [5, 5.41) is 0. The molecule has 0 saturated carbocycles. The first-order valence-corrected chi connectivity index (χ1v) is 8.20. The van der Waals surface area contributed by atoms with Gasteiger partial charge in [0, 0.05) is 38.1 Å². The lowest BCUT2D eigenvalue weighted by Gasteiger charge is -2.31. The fraction of sp³-hybridized carbons (Fsp3) is 0.647. The zero-order valence-corrected chi connectivity index (χ0v) is 14.0. The third kappa shape index (κ3) is 4.52. The molecule has 1 fully saturated rings. The van der Waals surface area contributed by atoms with Crippen LogP contribution in [0.2, 0.25) is 0 Å². The van der Waals surface area contributed by atoms with E-state index >= 15 is 0 Å². The van der Waals surface area contributed by atoms with Crippen LogP contribution in [0.4, 0.5) is 0 Å². The highest BCUT2D eigenvalue weighted by molar-refractivity contribution is 5.93. The van der Waals surface area contributed by atoms with Crippen molar-refractivity contribution in [3.05, 3.63) is 30.1 Å². The van der Waals surface area contributed by atoms with Gasteiger partial charge in [0.05, 0.1) is 5.56 Å². The highest BCUT2D eigenvalue weighted by atomic mass is 16.2. The Morgan fingerprint density at radius 3 is 2.86 bits per heavy atom. The number of pyridine rings is 1. The van der Waals surface area contributed by atoms with E-state index in [0.717, 1.165) is 32.7 Å². The van der Waals surface area contributed by atoms with Crippen LogP contribution in [0.25, 0.3) is 0 Å².